The lowest BCUT2D eigenvalue weighted by Crippen LogP contribution is -2.44. The monoisotopic (exact) mass is 253 g/mol. The summed E-state index contributed by atoms with van der Waals surface area (Å²) in [5.74, 6) is 1.72. The van der Waals surface area contributed by atoms with Crippen LogP contribution in [0, 0.1) is 17.3 Å². The maximum atomic E-state index is 6.27. The molecule has 0 amide bonds. The van der Waals surface area contributed by atoms with Gasteiger partial charge in [-0.1, -0.05) is 33.6 Å². The fraction of sp³-hybridized carbons (Fsp3) is 1.00. The normalized spacial score (nSPS) is 40.0. The van der Waals surface area contributed by atoms with Gasteiger partial charge in [0.25, 0.3) is 0 Å². The van der Waals surface area contributed by atoms with Gasteiger partial charge in [-0.3, -0.25) is 0 Å². The summed E-state index contributed by atoms with van der Waals surface area (Å²) in [6.07, 6.45) is 8.52. The molecule has 18 heavy (non-hydrogen) atoms. The van der Waals surface area contributed by atoms with Gasteiger partial charge in [0.05, 0.1) is 6.10 Å². The second kappa shape index (κ2) is 5.92. The highest BCUT2D eigenvalue weighted by molar-refractivity contribution is 4.96. The molecule has 4 atom stereocenters. The molecular formula is C16H31NO. The summed E-state index contributed by atoms with van der Waals surface area (Å²) < 4.78 is 6.27. The predicted molar refractivity (Wildman–Crippen MR) is 76.7 cm³/mol. The zero-order valence-corrected chi connectivity index (χ0v) is 12.7. The van der Waals surface area contributed by atoms with E-state index in [9.17, 15) is 0 Å². The van der Waals surface area contributed by atoms with Crippen molar-refractivity contribution in [2.24, 2.45) is 17.3 Å². The minimum Gasteiger partial charge on any atom is -0.376 e. The second-order valence-corrected chi connectivity index (χ2v) is 7.30. The van der Waals surface area contributed by atoms with Gasteiger partial charge in [-0.15, -0.1) is 0 Å². The molecule has 0 aromatic carbocycles. The lowest BCUT2D eigenvalue weighted by Gasteiger charge is -2.32. The molecule has 0 aromatic rings. The molecule has 2 saturated carbocycles. The fourth-order valence-corrected chi connectivity index (χ4v) is 4.07. The molecular weight excluding hydrogens is 222 g/mol. The summed E-state index contributed by atoms with van der Waals surface area (Å²) in [5, 5.41) is 3.48. The third-order valence-corrected chi connectivity index (χ3v) is 5.19. The van der Waals surface area contributed by atoms with E-state index in [1.165, 1.54) is 38.5 Å². The van der Waals surface area contributed by atoms with Crippen LogP contribution in [-0.2, 0) is 4.74 Å². The highest BCUT2D eigenvalue weighted by Gasteiger charge is 2.41. The topological polar surface area (TPSA) is 21.3 Å². The van der Waals surface area contributed by atoms with Gasteiger partial charge in [-0.2, -0.15) is 0 Å². The van der Waals surface area contributed by atoms with Crippen molar-refractivity contribution in [3.8, 4) is 0 Å². The van der Waals surface area contributed by atoms with Crippen LogP contribution in [0.15, 0.2) is 0 Å². The summed E-state index contributed by atoms with van der Waals surface area (Å²) in [6, 6.07) is 0.526. The van der Waals surface area contributed by atoms with Crippen LogP contribution in [0.25, 0.3) is 0 Å². The van der Waals surface area contributed by atoms with Crippen LogP contribution in [0.4, 0.5) is 0 Å². The van der Waals surface area contributed by atoms with E-state index >= 15 is 0 Å². The molecule has 1 N–H and O–H groups in total. The van der Waals surface area contributed by atoms with E-state index in [1.54, 1.807) is 0 Å². The standard InChI is InChI=1S/C16H31NO/c1-12-6-5-7-13(10-12)11-18-14-8-9-16(2,3)15(14)17-4/h12-15,17H,5-11H2,1-4H3. The van der Waals surface area contributed by atoms with Crippen LogP contribution < -0.4 is 5.32 Å². The molecule has 0 spiro atoms. The van der Waals surface area contributed by atoms with Gasteiger partial charge < -0.3 is 10.1 Å². The first kappa shape index (κ1) is 14.3. The van der Waals surface area contributed by atoms with E-state index in [-0.39, 0.29) is 0 Å². The van der Waals surface area contributed by atoms with Crippen molar-refractivity contribution in [2.75, 3.05) is 13.7 Å². The first-order valence-corrected chi connectivity index (χ1v) is 7.82. The van der Waals surface area contributed by atoms with E-state index in [2.05, 4.69) is 33.1 Å². The number of ether oxygens (including phenoxy) is 1. The Balaban J connectivity index is 1.79. The summed E-state index contributed by atoms with van der Waals surface area (Å²) in [5.41, 5.74) is 0.388. The van der Waals surface area contributed by atoms with Gasteiger partial charge in [0.15, 0.2) is 0 Å². The Kier molecular flexibility index (Phi) is 4.71. The molecule has 2 heteroatoms. The van der Waals surface area contributed by atoms with Crippen molar-refractivity contribution in [2.45, 2.75) is 71.4 Å². The van der Waals surface area contributed by atoms with Crippen molar-refractivity contribution in [3.05, 3.63) is 0 Å². The number of likely N-dealkylation sites (N-methyl/N-ethyl adjacent to an activating group) is 1. The molecule has 2 rings (SSSR count). The summed E-state index contributed by atoms with van der Waals surface area (Å²) in [6.45, 7) is 8.10. The van der Waals surface area contributed by atoms with Crippen molar-refractivity contribution in [1.29, 1.82) is 0 Å². The Morgan fingerprint density at radius 2 is 2.00 bits per heavy atom. The number of hydrogen-bond donors (Lipinski definition) is 1. The maximum absolute atomic E-state index is 6.27. The largest absolute Gasteiger partial charge is 0.376 e. The Bertz CT molecular complexity index is 264. The lowest BCUT2D eigenvalue weighted by atomic mass is 9.83. The lowest BCUT2D eigenvalue weighted by molar-refractivity contribution is -0.00164. The Morgan fingerprint density at radius 1 is 1.22 bits per heavy atom. The van der Waals surface area contributed by atoms with E-state index in [0.29, 0.717) is 17.6 Å². The highest BCUT2D eigenvalue weighted by atomic mass is 16.5. The minimum atomic E-state index is 0.388. The van der Waals surface area contributed by atoms with Crippen LogP contribution >= 0.6 is 0 Å². The highest BCUT2D eigenvalue weighted by Crippen LogP contribution is 2.39. The average Bonchev–Trinajstić information content (AvgIpc) is 2.61. The molecule has 2 aliphatic carbocycles. The minimum absolute atomic E-state index is 0.388. The second-order valence-electron chi connectivity index (χ2n) is 7.30. The van der Waals surface area contributed by atoms with Crippen molar-refractivity contribution in [3.63, 3.8) is 0 Å². The maximum Gasteiger partial charge on any atom is 0.0733 e. The van der Waals surface area contributed by atoms with Crippen molar-refractivity contribution >= 4 is 0 Å². The number of rotatable bonds is 4. The van der Waals surface area contributed by atoms with Gasteiger partial charge in [-0.25, -0.2) is 0 Å². The van der Waals surface area contributed by atoms with E-state index in [4.69, 9.17) is 4.74 Å². The smallest absolute Gasteiger partial charge is 0.0733 e. The van der Waals surface area contributed by atoms with Crippen molar-refractivity contribution in [1.82, 2.24) is 5.32 Å². The molecule has 0 bridgehead atoms. The zero-order chi connectivity index (χ0) is 13.2. The van der Waals surface area contributed by atoms with Crippen LogP contribution in [0.3, 0.4) is 0 Å². The number of hydrogen-bond acceptors (Lipinski definition) is 2. The molecule has 2 nitrogen and oxygen atoms in total. The summed E-state index contributed by atoms with van der Waals surface area (Å²) >= 11 is 0. The van der Waals surface area contributed by atoms with Gasteiger partial charge in [0.1, 0.15) is 0 Å². The molecule has 0 aliphatic heterocycles. The third-order valence-electron chi connectivity index (χ3n) is 5.19. The summed E-state index contributed by atoms with van der Waals surface area (Å²) in [7, 11) is 2.08. The molecule has 106 valence electrons. The van der Waals surface area contributed by atoms with Gasteiger partial charge in [0, 0.05) is 12.6 Å². The Labute approximate surface area is 113 Å². The average molecular weight is 253 g/mol. The first-order chi connectivity index (χ1) is 8.53. The van der Waals surface area contributed by atoms with E-state index in [1.807, 2.05) is 0 Å². The molecule has 4 unspecified atom stereocenters. The Morgan fingerprint density at radius 3 is 2.67 bits per heavy atom. The molecule has 0 aromatic heterocycles. The van der Waals surface area contributed by atoms with Crippen LogP contribution in [0.5, 0.6) is 0 Å². The third kappa shape index (κ3) is 3.27. The van der Waals surface area contributed by atoms with Gasteiger partial charge >= 0.3 is 0 Å². The van der Waals surface area contributed by atoms with Crippen LogP contribution in [0.2, 0.25) is 0 Å². The summed E-state index contributed by atoms with van der Waals surface area (Å²) in [4.78, 5) is 0. The van der Waals surface area contributed by atoms with Crippen LogP contribution in [-0.4, -0.2) is 25.8 Å². The molecule has 0 saturated heterocycles. The molecule has 2 aliphatic rings. The first-order valence-electron chi connectivity index (χ1n) is 7.82. The van der Waals surface area contributed by atoms with Gasteiger partial charge in [-0.05, 0) is 50.0 Å². The predicted octanol–water partition coefficient (Wildman–Crippen LogP) is 3.61. The van der Waals surface area contributed by atoms with Crippen LogP contribution in [0.1, 0.15) is 59.3 Å². The van der Waals surface area contributed by atoms with E-state index < -0.39 is 0 Å². The SMILES string of the molecule is CNC1C(OCC2CCCC(C)C2)CCC1(C)C. The zero-order valence-electron chi connectivity index (χ0n) is 12.7. The molecule has 0 radical (unpaired) electrons. The Hall–Kier alpha value is -0.0800. The van der Waals surface area contributed by atoms with E-state index in [0.717, 1.165) is 18.4 Å². The van der Waals surface area contributed by atoms with Crippen molar-refractivity contribution < 1.29 is 4.74 Å². The fourth-order valence-electron chi connectivity index (χ4n) is 4.07. The van der Waals surface area contributed by atoms with Gasteiger partial charge in [0.2, 0.25) is 0 Å². The number of nitrogens with one attached hydrogen (secondary N) is 1. The molecule has 0 heterocycles. The molecule has 2 fully saturated rings. The quantitative estimate of drug-likeness (QED) is 0.826.